The Balaban J connectivity index is 1.52. The van der Waals surface area contributed by atoms with Gasteiger partial charge in [0.05, 0.1) is 0 Å². The molecule has 1 saturated carbocycles. The van der Waals surface area contributed by atoms with Gasteiger partial charge in [0.2, 0.25) is 11.9 Å². The van der Waals surface area contributed by atoms with Crippen LogP contribution in [0.3, 0.4) is 0 Å². The maximum Gasteiger partial charge on any atom is 0.325 e. The van der Waals surface area contributed by atoms with Crippen LogP contribution in [0.15, 0.2) is 33.7 Å². The van der Waals surface area contributed by atoms with Crippen LogP contribution in [0.5, 0.6) is 0 Å². The summed E-state index contributed by atoms with van der Waals surface area (Å²) in [6.07, 6.45) is 7.77. The summed E-state index contributed by atoms with van der Waals surface area (Å²) in [5, 5.41) is 2.60. The third kappa shape index (κ3) is 4.31. The summed E-state index contributed by atoms with van der Waals surface area (Å²) in [7, 11) is 0. The van der Waals surface area contributed by atoms with Gasteiger partial charge in [0.15, 0.2) is 5.58 Å². The number of nitrogens with zero attached hydrogens (tertiary/aromatic N) is 2. The number of nitrogens with one attached hydrogen (secondary N) is 1. The molecule has 0 spiro atoms. The summed E-state index contributed by atoms with van der Waals surface area (Å²) in [5.41, 5.74) is 7.11. The number of oxazole rings is 1. The highest BCUT2D eigenvalue weighted by Crippen LogP contribution is 2.27. The molecule has 0 aliphatic heterocycles. The lowest BCUT2D eigenvalue weighted by Crippen LogP contribution is -2.36. The maximum atomic E-state index is 11.9. The van der Waals surface area contributed by atoms with Crippen LogP contribution in [0.25, 0.3) is 11.1 Å². The van der Waals surface area contributed by atoms with E-state index in [4.69, 9.17) is 10.2 Å². The summed E-state index contributed by atoms with van der Waals surface area (Å²) in [4.78, 5) is 20.1. The molecule has 1 heterocycles. The van der Waals surface area contributed by atoms with Crippen molar-refractivity contribution in [3.63, 3.8) is 0 Å². The Labute approximate surface area is 135 Å². The van der Waals surface area contributed by atoms with E-state index in [0.717, 1.165) is 6.42 Å². The molecule has 3 N–H and O–H groups in total. The first kappa shape index (κ1) is 15.5. The number of hydrogen-bond acceptors (Lipinski definition) is 4. The molecule has 0 bridgehead atoms. The molecule has 1 aromatic carbocycles. The number of amides is 1. The molecule has 1 amide bonds. The Morgan fingerprint density at radius 3 is 2.87 bits per heavy atom. The van der Waals surface area contributed by atoms with Gasteiger partial charge in [-0.25, -0.2) is 0 Å². The average Bonchev–Trinajstić information content (AvgIpc) is 2.96. The Bertz CT molecular complexity index is 668. The lowest BCUT2D eigenvalue weighted by atomic mass is 9.86. The fourth-order valence-electron chi connectivity index (χ4n) is 3.06. The molecular formula is C17H22N4O2. The molecule has 0 radical (unpaired) electrons. The molecule has 0 saturated heterocycles. The van der Waals surface area contributed by atoms with Crippen molar-refractivity contribution in [2.75, 3.05) is 0 Å². The summed E-state index contributed by atoms with van der Waals surface area (Å²) < 4.78 is 5.45. The van der Waals surface area contributed by atoms with Crippen LogP contribution in [-0.4, -0.2) is 16.9 Å². The number of guanidine groups is 1. The number of aliphatic imine (C=N–C) groups is 1. The number of rotatable bonds is 4. The smallest absolute Gasteiger partial charge is 0.325 e. The summed E-state index contributed by atoms with van der Waals surface area (Å²) in [5.74, 6) is 0.586. The predicted molar refractivity (Wildman–Crippen MR) is 89.2 cm³/mol. The zero-order valence-electron chi connectivity index (χ0n) is 13.1. The van der Waals surface area contributed by atoms with Gasteiger partial charge in [-0.05, 0) is 24.5 Å². The van der Waals surface area contributed by atoms with Crippen molar-refractivity contribution < 1.29 is 9.21 Å². The largest absolute Gasteiger partial charge is 0.422 e. The van der Waals surface area contributed by atoms with E-state index in [1.54, 1.807) is 6.07 Å². The van der Waals surface area contributed by atoms with Gasteiger partial charge in [-0.2, -0.15) is 9.98 Å². The van der Waals surface area contributed by atoms with Gasteiger partial charge >= 0.3 is 6.01 Å². The zero-order valence-corrected chi connectivity index (χ0v) is 13.1. The monoisotopic (exact) mass is 314 g/mol. The SMILES string of the molecule is NC(=Nc1nc2ccccc2o1)NC(=O)CCC1CCCCC1. The number of nitrogens with two attached hydrogens (primary N) is 1. The minimum atomic E-state index is -0.104. The molecule has 122 valence electrons. The predicted octanol–water partition coefficient (Wildman–Crippen LogP) is 3.25. The first-order valence-corrected chi connectivity index (χ1v) is 8.20. The zero-order chi connectivity index (χ0) is 16.1. The minimum absolute atomic E-state index is 0.0187. The number of hydrogen-bond donors (Lipinski definition) is 2. The Hall–Kier alpha value is -2.37. The maximum absolute atomic E-state index is 11.9. The van der Waals surface area contributed by atoms with Gasteiger partial charge in [0, 0.05) is 6.42 Å². The molecule has 2 aromatic rings. The molecule has 23 heavy (non-hydrogen) atoms. The van der Waals surface area contributed by atoms with Gasteiger partial charge in [-0.1, -0.05) is 44.2 Å². The highest BCUT2D eigenvalue weighted by Gasteiger charge is 2.15. The Morgan fingerprint density at radius 2 is 2.09 bits per heavy atom. The Morgan fingerprint density at radius 1 is 1.30 bits per heavy atom. The molecule has 6 nitrogen and oxygen atoms in total. The van der Waals surface area contributed by atoms with Crippen molar-refractivity contribution >= 4 is 29.0 Å². The molecule has 1 aromatic heterocycles. The first-order valence-electron chi connectivity index (χ1n) is 8.20. The third-order valence-electron chi connectivity index (χ3n) is 4.27. The van der Waals surface area contributed by atoms with Crippen LogP contribution in [0, 0.1) is 5.92 Å². The highest BCUT2D eigenvalue weighted by molar-refractivity contribution is 5.96. The van der Waals surface area contributed by atoms with Crippen LogP contribution >= 0.6 is 0 Å². The lowest BCUT2D eigenvalue weighted by Gasteiger charge is -2.20. The summed E-state index contributed by atoms with van der Waals surface area (Å²) in [6, 6.07) is 7.51. The molecule has 3 rings (SSSR count). The van der Waals surface area contributed by atoms with Crippen molar-refractivity contribution in [3.05, 3.63) is 24.3 Å². The summed E-state index contributed by atoms with van der Waals surface area (Å²) >= 11 is 0. The fraction of sp³-hybridized carbons (Fsp3) is 0.471. The molecule has 1 fully saturated rings. The first-order chi connectivity index (χ1) is 11.2. The molecular weight excluding hydrogens is 292 g/mol. The Kier molecular flexibility index (Phi) is 4.90. The molecule has 6 heteroatoms. The van der Waals surface area contributed by atoms with Gasteiger partial charge < -0.3 is 10.2 Å². The number of carbonyl (C=O) groups excluding carboxylic acids is 1. The van der Waals surface area contributed by atoms with Crippen molar-refractivity contribution in [3.8, 4) is 0 Å². The fourth-order valence-corrected chi connectivity index (χ4v) is 3.06. The second kappa shape index (κ2) is 7.26. The normalized spacial score (nSPS) is 16.6. The van der Waals surface area contributed by atoms with Crippen molar-refractivity contribution in [1.29, 1.82) is 0 Å². The molecule has 1 aliphatic rings. The summed E-state index contributed by atoms with van der Waals surface area (Å²) in [6.45, 7) is 0. The van der Waals surface area contributed by atoms with Crippen LogP contribution in [0.1, 0.15) is 44.9 Å². The van der Waals surface area contributed by atoms with Crippen LogP contribution in [0.4, 0.5) is 6.01 Å². The number of benzene rings is 1. The van der Waals surface area contributed by atoms with E-state index in [0.29, 0.717) is 23.4 Å². The molecule has 0 unspecified atom stereocenters. The minimum Gasteiger partial charge on any atom is -0.422 e. The topological polar surface area (TPSA) is 93.5 Å². The van der Waals surface area contributed by atoms with Crippen molar-refractivity contribution in [1.82, 2.24) is 10.3 Å². The quantitative estimate of drug-likeness (QED) is 0.669. The van der Waals surface area contributed by atoms with Crippen LogP contribution < -0.4 is 11.1 Å². The second-order valence-corrected chi connectivity index (χ2v) is 6.05. The van der Waals surface area contributed by atoms with E-state index >= 15 is 0 Å². The van der Waals surface area contributed by atoms with Crippen LogP contribution in [-0.2, 0) is 4.79 Å². The average molecular weight is 314 g/mol. The van der Waals surface area contributed by atoms with E-state index in [1.807, 2.05) is 18.2 Å². The second-order valence-electron chi connectivity index (χ2n) is 6.05. The standard InChI is InChI=1S/C17H22N4O2/c18-16(20-15(22)11-10-12-6-2-1-3-7-12)21-17-19-13-8-4-5-9-14(13)23-17/h4-5,8-9,12H,1-3,6-7,10-11H2,(H3,18,19,20,21,22). The van der Waals surface area contributed by atoms with E-state index in [1.165, 1.54) is 32.1 Å². The van der Waals surface area contributed by atoms with Crippen molar-refractivity contribution in [2.45, 2.75) is 44.9 Å². The number of para-hydroxylation sites is 2. The van der Waals surface area contributed by atoms with E-state index < -0.39 is 0 Å². The number of fused-ring (bicyclic) bond motifs is 1. The molecule has 1 aliphatic carbocycles. The van der Waals surface area contributed by atoms with E-state index in [2.05, 4.69) is 15.3 Å². The van der Waals surface area contributed by atoms with Gasteiger partial charge in [-0.3, -0.25) is 10.1 Å². The molecule has 0 atom stereocenters. The van der Waals surface area contributed by atoms with E-state index in [-0.39, 0.29) is 17.9 Å². The highest BCUT2D eigenvalue weighted by atomic mass is 16.4. The third-order valence-corrected chi connectivity index (χ3v) is 4.27. The van der Waals surface area contributed by atoms with Crippen molar-refractivity contribution in [2.24, 2.45) is 16.6 Å². The number of aromatic nitrogens is 1. The van der Waals surface area contributed by atoms with E-state index in [9.17, 15) is 4.79 Å². The number of carbonyl (C=O) groups is 1. The van der Waals surface area contributed by atoms with Gasteiger partial charge in [0.25, 0.3) is 0 Å². The van der Waals surface area contributed by atoms with Gasteiger partial charge in [0.1, 0.15) is 5.52 Å². The van der Waals surface area contributed by atoms with Gasteiger partial charge in [-0.15, -0.1) is 0 Å². The van der Waals surface area contributed by atoms with Crippen LogP contribution in [0.2, 0.25) is 0 Å². The lowest BCUT2D eigenvalue weighted by molar-refractivity contribution is -0.120.